The van der Waals surface area contributed by atoms with Crippen molar-refractivity contribution >= 4 is 12.4 Å². The minimum Gasteiger partial charge on any atom is -0.496 e. The molecule has 0 N–H and O–H groups in total. The van der Waals surface area contributed by atoms with Gasteiger partial charge in [0, 0.05) is 13.0 Å². The van der Waals surface area contributed by atoms with Crippen molar-refractivity contribution in [3.63, 3.8) is 0 Å². The summed E-state index contributed by atoms with van der Waals surface area (Å²) in [7, 11) is 0. The second-order valence-electron chi connectivity index (χ2n) is 4.38. The van der Waals surface area contributed by atoms with Gasteiger partial charge in [-0.05, 0) is 18.9 Å². The van der Waals surface area contributed by atoms with Crippen LogP contribution in [0.15, 0.2) is 24.3 Å². The third-order valence-electron chi connectivity index (χ3n) is 2.99. The van der Waals surface area contributed by atoms with Crippen molar-refractivity contribution in [3.8, 4) is 5.75 Å². The molecule has 1 aliphatic heterocycles. The molecule has 1 atom stereocenters. The number of hydrogen-bond acceptors (Lipinski definition) is 2. The zero-order valence-electron chi connectivity index (χ0n) is 9.95. The highest BCUT2D eigenvalue weighted by molar-refractivity contribution is 6.74. The van der Waals surface area contributed by atoms with Crippen LogP contribution in [0.2, 0.25) is 0 Å². The number of rotatable bonds is 5. The predicted molar refractivity (Wildman–Crippen MR) is 64.2 cm³/mol. The largest absolute Gasteiger partial charge is 0.513 e. The first kappa shape index (κ1) is 13.3. The lowest BCUT2D eigenvalue weighted by atomic mass is 9.79. The smallest absolute Gasteiger partial charge is 0.496 e. The Morgan fingerprint density at radius 2 is 2.06 bits per heavy atom. The summed E-state index contributed by atoms with van der Waals surface area (Å²) < 4.78 is 48.8. The number of halogens is 3. The summed E-state index contributed by atoms with van der Waals surface area (Å²) in [6, 6.07) is 5.34. The highest BCUT2D eigenvalue weighted by Crippen LogP contribution is 2.19. The van der Waals surface area contributed by atoms with Crippen molar-refractivity contribution in [2.24, 2.45) is 0 Å². The van der Waals surface area contributed by atoms with Gasteiger partial charge in [-0.15, -0.1) is 0 Å². The van der Waals surface area contributed by atoms with Gasteiger partial charge in [0.25, 0.3) is 0 Å². The van der Waals surface area contributed by atoms with E-state index in [0.717, 1.165) is 25.5 Å². The Hall–Kier alpha value is -1.17. The van der Waals surface area contributed by atoms with Crippen molar-refractivity contribution in [2.75, 3.05) is 13.2 Å². The van der Waals surface area contributed by atoms with Gasteiger partial charge in [0.15, 0.2) is 0 Å². The van der Waals surface area contributed by atoms with Crippen LogP contribution >= 0.6 is 0 Å². The van der Waals surface area contributed by atoms with Crippen LogP contribution in [-0.2, 0) is 4.74 Å². The topological polar surface area (TPSA) is 18.5 Å². The fraction of sp³-hybridized carbons (Fsp3) is 0.500. The van der Waals surface area contributed by atoms with Gasteiger partial charge < -0.3 is 22.4 Å². The van der Waals surface area contributed by atoms with E-state index in [9.17, 15) is 12.9 Å². The molecule has 0 amide bonds. The predicted octanol–water partition coefficient (Wildman–Crippen LogP) is 2.69. The molecule has 2 rings (SSSR count). The second kappa shape index (κ2) is 5.65. The molecule has 1 unspecified atom stereocenters. The minimum atomic E-state index is -5.02. The van der Waals surface area contributed by atoms with Gasteiger partial charge in [-0.1, -0.05) is 23.7 Å². The molecular formula is C12H15BF3O2-. The van der Waals surface area contributed by atoms with Crippen molar-refractivity contribution in [1.29, 1.82) is 0 Å². The summed E-state index contributed by atoms with van der Waals surface area (Å²) >= 11 is 0. The van der Waals surface area contributed by atoms with E-state index in [1.807, 2.05) is 0 Å². The first-order chi connectivity index (χ1) is 8.57. The van der Waals surface area contributed by atoms with Crippen LogP contribution in [0, 0.1) is 0 Å². The quantitative estimate of drug-likeness (QED) is 0.757. The second-order valence-corrected chi connectivity index (χ2v) is 4.38. The summed E-state index contributed by atoms with van der Waals surface area (Å²) in [5, 5.41) is 0. The maximum Gasteiger partial charge on any atom is 0.513 e. The zero-order valence-corrected chi connectivity index (χ0v) is 9.95. The molecule has 18 heavy (non-hydrogen) atoms. The first-order valence-electron chi connectivity index (χ1n) is 6.10. The molecule has 1 saturated heterocycles. The molecule has 0 bridgehead atoms. The Balaban J connectivity index is 1.92. The molecule has 1 aromatic rings. The van der Waals surface area contributed by atoms with E-state index in [0.29, 0.717) is 6.42 Å². The third-order valence-corrected chi connectivity index (χ3v) is 2.99. The fourth-order valence-electron chi connectivity index (χ4n) is 2.05. The Bertz CT molecular complexity index is 389. The Kier molecular flexibility index (Phi) is 4.17. The third kappa shape index (κ3) is 3.42. The molecule has 0 saturated carbocycles. The molecule has 0 radical (unpaired) electrons. The molecule has 0 spiro atoms. The highest BCUT2D eigenvalue weighted by Gasteiger charge is 2.29. The molecule has 1 heterocycles. The monoisotopic (exact) mass is 259 g/mol. The maximum atomic E-state index is 12.7. The summed E-state index contributed by atoms with van der Waals surface area (Å²) in [5.41, 5.74) is -0.662. The summed E-state index contributed by atoms with van der Waals surface area (Å²) in [6.45, 7) is -4.02. The van der Waals surface area contributed by atoms with E-state index in [2.05, 4.69) is 0 Å². The number of ether oxygens (including phenoxy) is 2. The van der Waals surface area contributed by atoms with Gasteiger partial charge in [-0.3, -0.25) is 0 Å². The van der Waals surface area contributed by atoms with E-state index < -0.39 is 12.4 Å². The SMILES string of the molecule is F[B-](F)(F)c1ccccc1OCCC1CCCO1. The van der Waals surface area contributed by atoms with Gasteiger partial charge in [0.05, 0.1) is 18.5 Å². The van der Waals surface area contributed by atoms with Crippen LogP contribution < -0.4 is 10.2 Å². The van der Waals surface area contributed by atoms with Crippen molar-refractivity contribution in [1.82, 2.24) is 0 Å². The fourth-order valence-corrected chi connectivity index (χ4v) is 2.05. The van der Waals surface area contributed by atoms with E-state index in [4.69, 9.17) is 9.47 Å². The van der Waals surface area contributed by atoms with Crippen LogP contribution in [-0.4, -0.2) is 26.3 Å². The lowest BCUT2D eigenvalue weighted by molar-refractivity contribution is 0.0905. The van der Waals surface area contributed by atoms with Crippen molar-refractivity contribution in [3.05, 3.63) is 24.3 Å². The Morgan fingerprint density at radius 3 is 2.72 bits per heavy atom. The van der Waals surface area contributed by atoms with Crippen LogP contribution in [0.4, 0.5) is 12.9 Å². The number of benzene rings is 1. The van der Waals surface area contributed by atoms with E-state index >= 15 is 0 Å². The maximum absolute atomic E-state index is 12.7. The minimum absolute atomic E-state index is 0.0806. The summed E-state index contributed by atoms with van der Waals surface area (Å²) in [6.07, 6.45) is 2.76. The molecule has 1 aliphatic rings. The molecule has 100 valence electrons. The van der Waals surface area contributed by atoms with Crippen LogP contribution in [0.25, 0.3) is 0 Å². The van der Waals surface area contributed by atoms with Crippen molar-refractivity contribution in [2.45, 2.75) is 25.4 Å². The molecule has 1 fully saturated rings. The van der Waals surface area contributed by atoms with Crippen LogP contribution in [0.3, 0.4) is 0 Å². The van der Waals surface area contributed by atoms with E-state index in [1.165, 1.54) is 12.1 Å². The van der Waals surface area contributed by atoms with Crippen LogP contribution in [0.5, 0.6) is 5.75 Å². The number of hydrogen-bond donors (Lipinski definition) is 0. The summed E-state index contributed by atoms with van der Waals surface area (Å²) in [5.74, 6) is -0.0806. The molecule has 2 nitrogen and oxygen atoms in total. The Morgan fingerprint density at radius 1 is 1.28 bits per heavy atom. The van der Waals surface area contributed by atoms with Gasteiger partial charge in [-0.25, -0.2) is 0 Å². The lowest BCUT2D eigenvalue weighted by Gasteiger charge is -2.20. The Labute approximate surface area is 104 Å². The van der Waals surface area contributed by atoms with Gasteiger partial charge >= 0.3 is 6.98 Å². The van der Waals surface area contributed by atoms with E-state index in [-0.39, 0.29) is 18.5 Å². The zero-order chi connectivity index (χ0) is 13.0. The first-order valence-corrected chi connectivity index (χ1v) is 6.10. The van der Waals surface area contributed by atoms with Crippen molar-refractivity contribution < 1.29 is 22.4 Å². The van der Waals surface area contributed by atoms with E-state index in [1.54, 1.807) is 6.07 Å². The van der Waals surface area contributed by atoms with Gasteiger partial charge in [0.2, 0.25) is 0 Å². The standard InChI is InChI=1S/C12H15BF3O2/c14-13(15,16)11-5-1-2-6-12(11)18-9-7-10-4-3-8-17-10/h1-2,5-6,10H,3-4,7-9H2/q-1. The molecule has 0 aliphatic carbocycles. The summed E-state index contributed by atoms with van der Waals surface area (Å²) in [4.78, 5) is 0. The molecule has 0 aromatic heterocycles. The lowest BCUT2D eigenvalue weighted by Crippen LogP contribution is -2.35. The number of para-hydroxylation sites is 1. The normalized spacial score (nSPS) is 20.1. The molecule has 6 heteroatoms. The average molecular weight is 259 g/mol. The molecular weight excluding hydrogens is 244 g/mol. The highest BCUT2D eigenvalue weighted by atomic mass is 19.4. The molecule has 1 aromatic carbocycles. The average Bonchev–Trinajstić information content (AvgIpc) is 2.81. The van der Waals surface area contributed by atoms with Gasteiger partial charge in [-0.2, -0.15) is 0 Å². The van der Waals surface area contributed by atoms with Crippen LogP contribution in [0.1, 0.15) is 19.3 Å². The van der Waals surface area contributed by atoms with Gasteiger partial charge in [0.1, 0.15) is 0 Å².